The second kappa shape index (κ2) is 14.7. The van der Waals surface area contributed by atoms with Gasteiger partial charge in [-0.2, -0.15) is 0 Å². The first-order valence-corrected chi connectivity index (χ1v) is 7.99. The second-order valence-corrected chi connectivity index (χ2v) is 5.07. The topological polar surface area (TPSA) is 65.9 Å². The van der Waals surface area contributed by atoms with E-state index in [1.54, 1.807) is 7.05 Å². The van der Waals surface area contributed by atoms with Gasteiger partial charge in [-0.15, -0.1) is 24.0 Å². The molecule has 0 aromatic heterocycles. The second-order valence-electron chi connectivity index (χ2n) is 5.07. The Morgan fingerprint density at radius 3 is 2.57 bits per heavy atom. The number of guanidine groups is 1. The minimum Gasteiger partial charge on any atom is -0.396 e. The highest BCUT2D eigenvalue weighted by Crippen LogP contribution is 2.13. The highest BCUT2D eigenvalue weighted by Gasteiger charge is 2.10. The summed E-state index contributed by atoms with van der Waals surface area (Å²) in [6, 6.07) is 10.0. The van der Waals surface area contributed by atoms with E-state index in [-0.39, 0.29) is 36.5 Å². The van der Waals surface area contributed by atoms with E-state index in [0.717, 1.165) is 44.1 Å². The van der Waals surface area contributed by atoms with Gasteiger partial charge in [-0.05, 0) is 25.3 Å². The molecular weight excluding hydrogens is 405 g/mol. The summed E-state index contributed by atoms with van der Waals surface area (Å²) < 4.78 is 5.31. The lowest BCUT2D eigenvalue weighted by molar-refractivity contribution is 0.143. The summed E-state index contributed by atoms with van der Waals surface area (Å²) in [5.41, 5.74) is 1.13. The molecule has 1 aromatic rings. The molecule has 0 aliphatic carbocycles. The lowest BCUT2D eigenvalue weighted by atomic mass is 10.0. The van der Waals surface area contributed by atoms with Crippen LogP contribution in [0, 0.1) is 0 Å². The molecule has 0 bridgehead atoms. The number of ether oxygens (including phenoxy) is 1. The van der Waals surface area contributed by atoms with E-state index in [9.17, 15) is 5.11 Å². The van der Waals surface area contributed by atoms with Crippen LogP contribution in [-0.4, -0.2) is 51.0 Å². The van der Waals surface area contributed by atoms with Crippen LogP contribution in [0.3, 0.4) is 0 Å². The van der Waals surface area contributed by atoms with E-state index in [0.29, 0.717) is 6.54 Å². The van der Waals surface area contributed by atoms with Crippen molar-refractivity contribution in [2.45, 2.75) is 25.7 Å². The third-order valence-electron chi connectivity index (χ3n) is 3.44. The number of hydrogen-bond acceptors (Lipinski definition) is 3. The maximum Gasteiger partial charge on any atom is 0.190 e. The molecule has 0 aliphatic rings. The SMILES string of the molecule is CCOCCCCNC(=NC)NCC(CO)c1ccccc1.I. The molecule has 0 heterocycles. The van der Waals surface area contributed by atoms with E-state index in [2.05, 4.69) is 15.6 Å². The lowest BCUT2D eigenvalue weighted by Crippen LogP contribution is -2.40. The maximum absolute atomic E-state index is 9.55. The van der Waals surface area contributed by atoms with Crippen LogP contribution in [0.25, 0.3) is 0 Å². The molecule has 0 amide bonds. The predicted molar refractivity (Wildman–Crippen MR) is 107 cm³/mol. The van der Waals surface area contributed by atoms with E-state index >= 15 is 0 Å². The van der Waals surface area contributed by atoms with Crippen LogP contribution in [-0.2, 0) is 4.74 Å². The largest absolute Gasteiger partial charge is 0.396 e. The maximum atomic E-state index is 9.55. The first-order chi connectivity index (χ1) is 10.8. The zero-order valence-electron chi connectivity index (χ0n) is 14.1. The molecule has 1 rings (SSSR count). The normalized spacial score (nSPS) is 12.4. The summed E-state index contributed by atoms with van der Waals surface area (Å²) in [4.78, 5) is 4.20. The van der Waals surface area contributed by atoms with Gasteiger partial charge in [0.25, 0.3) is 0 Å². The summed E-state index contributed by atoms with van der Waals surface area (Å²) in [5.74, 6) is 0.837. The van der Waals surface area contributed by atoms with E-state index in [1.165, 1.54) is 0 Å². The molecule has 6 heteroatoms. The number of aliphatic hydroxyl groups is 1. The Hall–Kier alpha value is -0.860. The minimum absolute atomic E-state index is 0. The monoisotopic (exact) mass is 435 g/mol. The fraction of sp³-hybridized carbons (Fsp3) is 0.588. The standard InChI is InChI=1S/C17H29N3O2.HI/c1-3-22-12-8-7-11-19-17(18-2)20-13-16(14-21)15-9-5-4-6-10-15;/h4-6,9-10,16,21H,3,7-8,11-14H2,1-2H3,(H2,18,19,20);1H. The van der Waals surface area contributed by atoms with Crippen LogP contribution in [0.4, 0.5) is 0 Å². The van der Waals surface area contributed by atoms with Crippen LogP contribution in [0.5, 0.6) is 0 Å². The van der Waals surface area contributed by atoms with Crippen LogP contribution in [0.2, 0.25) is 0 Å². The number of benzene rings is 1. The van der Waals surface area contributed by atoms with Crippen molar-refractivity contribution in [1.29, 1.82) is 0 Å². The van der Waals surface area contributed by atoms with Gasteiger partial charge in [-0.1, -0.05) is 30.3 Å². The first kappa shape index (κ1) is 22.1. The van der Waals surface area contributed by atoms with Crippen LogP contribution >= 0.6 is 24.0 Å². The Bertz CT molecular complexity index is 416. The van der Waals surface area contributed by atoms with Crippen molar-refractivity contribution in [3.63, 3.8) is 0 Å². The van der Waals surface area contributed by atoms with E-state index in [1.807, 2.05) is 37.3 Å². The number of unbranched alkanes of at least 4 members (excludes halogenated alkanes) is 1. The average molecular weight is 435 g/mol. The van der Waals surface area contributed by atoms with E-state index in [4.69, 9.17) is 4.74 Å². The number of nitrogens with one attached hydrogen (secondary N) is 2. The molecule has 1 aromatic carbocycles. The first-order valence-electron chi connectivity index (χ1n) is 7.99. The third kappa shape index (κ3) is 9.78. The predicted octanol–water partition coefficient (Wildman–Crippen LogP) is 2.36. The molecule has 0 radical (unpaired) electrons. The summed E-state index contributed by atoms with van der Waals surface area (Å²) in [6.07, 6.45) is 2.09. The Kier molecular flexibility index (Phi) is 14.2. The van der Waals surface area contributed by atoms with Crippen molar-refractivity contribution in [3.8, 4) is 0 Å². The van der Waals surface area contributed by atoms with Gasteiger partial charge < -0.3 is 20.5 Å². The van der Waals surface area contributed by atoms with Gasteiger partial charge in [0.2, 0.25) is 0 Å². The summed E-state index contributed by atoms with van der Waals surface area (Å²) >= 11 is 0. The van der Waals surface area contributed by atoms with Crippen LogP contribution in [0.1, 0.15) is 31.2 Å². The minimum atomic E-state index is 0. The van der Waals surface area contributed by atoms with Gasteiger partial charge >= 0.3 is 0 Å². The van der Waals surface area contributed by atoms with E-state index < -0.39 is 0 Å². The molecule has 3 N–H and O–H groups in total. The number of nitrogens with zero attached hydrogens (tertiary/aromatic N) is 1. The molecule has 0 fully saturated rings. The smallest absolute Gasteiger partial charge is 0.190 e. The Balaban J connectivity index is 0.00000484. The molecule has 0 saturated heterocycles. The molecule has 1 unspecified atom stereocenters. The van der Waals surface area contributed by atoms with Crippen LogP contribution in [0.15, 0.2) is 35.3 Å². The van der Waals surface area contributed by atoms with Crippen LogP contribution < -0.4 is 10.6 Å². The van der Waals surface area contributed by atoms with Gasteiger partial charge in [-0.3, -0.25) is 4.99 Å². The molecule has 1 atom stereocenters. The summed E-state index contributed by atoms with van der Waals surface area (Å²) in [5, 5.41) is 16.1. The van der Waals surface area contributed by atoms with Gasteiger partial charge in [0.15, 0.2) is 5.96 Å². The Labute approximate surface area is 156 Å². The number of aliphatic imine (C=N–C) groups is 1. The zero-order valence-corrected chi connectivity index (χ0v) is 16.5. The number of hydrogen-bond donors (Lipinski definition) is 3. The summed E-state index contributed by atoms with van der Waals surface area (Å²) in [6.45, 7) is 5.22. The number of halogens is 1. The third-order valence-corrected chi connectivity index (χ3v) is 3.44. The van der Waals surface area contributed by atoms with Crippen molar-refractivity contribution < 1.29 is 9.84 Å². The average Bonchev–Trinajstić information content (AvgIpc) is 2.57. The Morgan fingerprint density at radius 2 is 1.96 bits per heavy atom. The molecule has 132 valence electrons. The molecule has 0 aliphatic heterocycles. The fourth-order valence-electron chi connectivity index (χ4n) is 2.13. The molecule has 23 heavy (non-hydrogen) atoms. The molecular formula is C17H30IN3O2. The highest BCUT2D eigenvalue weighted by molar-refractivity contribution is 14.0. The lowest BCUT2D eigenvalue weighted by Gasteiger charge is -2.18. The highest BCUT2D eigenvalue weighted by atomic mass is 127. The zero-order chi connectivity index (χ0) is 16.0. The van der Waals surface area contributed by atoms with Gasteiger partial charge in [-0.25, -0.2) is 0 Å². The molecule has 0 saturated carbocycles. The number of aliphatic hydroxyl groups excluding tert-OH is 1. The molecule has 5 nitrogen and oxygen atoms in total. The fourth-order valence-corrected chi connectivity index (χ4v) is 2.13. The van der Waals surface area contributed by atoms with Crippen molar-refractivity contribution in [2.75, 3.05) is 40.0 Å². The van der Waals surface area contributed by atoms with Crippen molar-refractivity contribution >= 4 is 29.9 Å². The summed E-state index contributed by atoms with van der Waals surface area (Å²) in [7, 11) is 1.76. The number of rotatable bonds is 10. The molecule has 0 spiro atoms. The Morgan fingerprint density at radius 1 is 1.22 bits per heavy atom. The van der Waals surface area contributed by atoms with Gasteiger partial charge in [0.1, 0.15) is 0 Å². The quantitative estimate of drug-likeness (QED) is 0.229. The van der Waals surface area contributed by atoms with Crippen molar-refractivity contribution in [1.82, 2.24) is 10.6 Å². The van der Waals surface area contributed by atoms with Gasteiger partial charge in [0.05, 0.1) is 6.61 Å². The van der Waals surface area contributed by atoms with Gasteiger partial charge in [0, 0.05) is 39.3 Å². The van der Waals surface area contributed by atoms with Crippen molar-refractivity contribution in [2.24, 2.45) is 4.99 Å². The van der Waals surface area contributed by atoms with Crippen molar-refractivity contribution in [3.05, 3.63) is 35.9 Å².